The van der Waals surface area contributed by atoms with Crippen molar-refractivity contribution in [2.45, 2.75) is 17.9 Å². The molecule has 1 N–H and O–H groups in total. The first-order chi connectivity index (χ1) is 10.3. The quantitative estimate of drug-likeness (QED) is 0.659. The molecule has 2 aromatic rings. The molecule has 108 valence electrons. The summed E-state index contributed by atoms with van der Waals surface area (Å²) in [5.74, 6) is 0.697. The highest BCUT2D eigenvalue weighted by Crippen LogP contribution is 2.17. The number of nitrogens with zero attached hydrogens (tertiary/aromatic N) is 2. The van der Waals surface area contributed by atoms with Crippen molar-refractivity contribution in [2.75, 3.05) is 0 Å². The molecule has 0 radical (unpaired) electrons. The summed E-state index contributed by atoms with van der Waals surface area (Å²) in [6, 6.07) is 15.6. The number of thioether (sulfide) groups is 1. The van der Waals surface area contributed by atoms with Gasteiger partial charge in [0, 0.05) is 11.9 Å². The van der Waals surface area contributed by atoms with Crippen molar-refractivity contribution in [1.29, 1.82) is 0 Å². The summed E-state index contributed by atoms with van der Waals surface area (Å²) in [5, 5.41) is 3.76. The average molecular weight is 299 g/mol. The van der Waals surface area contributed by atoms with Crippen LogP contribution < -0.4 is 5.43 Å². The average Bonchev–Trinajstić information content (AvgIpc) is 2.54. The molecule has 1 aromatic carbocycles. The number of amides is 1. The third kappa shape index (κ3) is 5.39. The van der Waals surface area contributed by atoms with Crippen LogP contribution in [0, 0.1) is 0 Å². The third-order valence-corrected chi connectivity index (χ3v) is 3.99. The molecule has 0 spiro atoms. The second-order valence-corrected chi connectivity index (χ2v) is 5.76. The Morgan fingerprint density at radius 3 is 2.76 bits per heavy atom. The third-order valence-electron chi connectivity index (χ3n) is 2.77. The van der Waals surface area contributed by atoms with E-state index in [0.717, 1.165) is 5.75 Å². The molecule has 0 bridgehead atoms. The van der Waals surface area contributed by atoms with Gasteiger partial charge in [0.1, 0.15) is 0 Å². The van der Waals surface area contributed by atoms with Gasteiger partial charge in [-0.15, -0.1) is 11.8 Å². The molecule has 0 unspecified atom stereocenters. The lowest BCUT2D eigenvalue weighted by molar-refractivity contribution is -0.120. The molecular weight excluding hydrogens is 282 g/mol. The minimum Gasteiger partial charge on any atom is -0.272 e. The van der Waals surface area contributed by atoms with Crippen LogP contribution in [0.5, 0.6) is 0 Å². The summed E-state index contributed by atoms with van der Waals surface area (Å²) in [4.78, 5) is 16.0. The number of hydrogen-bond acceptors (Lipinski definition) is 4. The van der Waals surface area contributed by atoms with Crippen molar-refractivity contribution >= 4 is 23.9 Å². The number of nitrogens with one attached hydrogen (secondary N) is 1. The molecule has 1 amide bonds. The highest BCUT2D eigenvalue weighted by Gasteiger charge is 2.12. The number of aromatic nitrogens is 1. The number of benzene rings is 1. The molecular formula is C16H17N3OS. The van der Waals surface area contributed by atoms with Gasteiger partial charge in [0.05, 0.1) is 17.2 Å². The van der Waals surface area contributed by atoms with Crippen LogP contribution in [0.3, 0.4) is 0 Å². The first-order valence-corrected chi connectivity index (χ1v) is 7.70. The Labute approximate surface area is 128 Å². The molecule has 1 heterocycles. The molecule has 0 aliphatic rings. The van der Waals surface area contributed by atoms with E-state index in [-0.39, 0.29) is 11.2 Å². The molecule has 21 heavy (non-hydrogen) atoms. The maximum Gasteiger partial charge on any atom is 0.252 e. The zero-order valence-electron chi connectivity index (χ0n) is 11.8. The maximum atomic E-state index is 11.9. The number of carbonyl (C=O) groups excluding carboxylic acids is 1. The molecule has 5 heteroatoms. The minimum absolute atomic E-state index is 0.108. The maximum absolute atomic E-state index is 11.9. The largest absolute Gasteiger partial charge is 0.272 e. The summed E-state index contributed by atoms with van der Waals surface area (Å²) < 4.78 is 0. The van der Waals surface area contributed by atoms with Crippen LogP contribution in [0.4, 0.5) is 0 Å². The Morgan fingerprint density at radius 2 is 2.05 bits per heavy atom. The smallest absolute Gasteiger partial charge is 0.252 e. The lowest BCUT2D eigenvalue weighted by Gasteiger charge is -2.09. The summed E-state index contributed by atoms with van der Waals surface area (Å²) in [5.41, 5.74) is 4.45. The van der Waals surface area contributed by atoms with Crippen molar-refractivity contribution in [1.82, 2.24) is 10.4 Å². The second kappa shape index (κ2) is 8.21. The molecule has 0 aliphatic carbocycles. The van der Waals surface area contributed by atoms with Gasteiger partial charge >= 0.3 is 0 Å². The molecule has 0 saturated heterocycles. The predicted octanol–water partition coefficient (Wildman–Crippen LogP) is 2.85. The van der Waals surface area contributed by atoms with Crippen molar-refractivity contribution in [3.63, 3.8) is 0 Å². The van der Waals surface area contributed by atoms with E-state index in [2.05, 4.69) is 27.6 Å². The summed E-state index contributed by atoms with van der Waals surface area (Å²) in [6.07, 6.45) is 3.22. The van der Waals surface area contributed by atoms with Crippen LogP contribution in [-0.4, -0.2) is 22.4 Å². The standard InChI is InChI=1S/C16H17N3OS/c1-13(21-12-14-7-3-2-4-8-14)16(20)19-18-11-15-9-5-6-10-17-15/h2-11,13H,12H2,1H3,(H,19,20)/b18-11-/t13-/m1/s1. The Balaban J connectivity index is 1.76. The first-order valence-electron chi connectivity index (χ1n) is 6.65. The zero-order chi connectivity index (χ0) is 14.9. The number of hydrazone groups is 1. The van der Waals surface area contributed by atoms with Gasteiger partial charge in [-0.3, -0.25) is 9.78 Å². The van der Waals surface area contributed by atoms with Crippen molar-refractivity contribution in [3.05, 3.63) is 66.0 Å². The number of rotatable bonds is 6. The fraction of sp³-hybridized carbons (Fsp3) is 0.188. The topological polar surface area (TPSA) is 54.4 Å². The van der Waals surface area contributed by atoms with Crippen molar-refractivity contribution < 1.29 is 4.79 Å². The van der Waals surface area contributed by atoms with Crippen LogP contribution >= 0.6 is 11.8 Å². The number of carbonyl (C=O) groups is 1. The number of pyridine rings is 1. The summed E-state index contributed by atoms with van der Waals surface area (Å²) in [6.45, 7) is 1.87. The molecule has 4 nitrogen and oxygen atoms in total. The van der Waals surface area contributed by atoms with Gasteiger partial charge in [-0.25, -0.2) is 5.43 Å². The van der Waals surface area contributed by atoms with Crippen molar-refractivity contribution in [2.24, 2.45) is 5.10 Å². The van der Waals surface area contributed by atoms with E-state index in [4.69, 9.17) is 0 Å². The van der Waals surface area contributed by atoms with E-state index in [0.29, 0.717) is 5.69 Å². The summed E-state index contributed by atoms with van der Waals surface area (Å²) in [7, 11) is 0. The van der Waals surface area contributed by atoms with Gasteiger partial charge in [-0.2, -0.15) is 5.10 Å². The second-order valence-electron chi connectivity index (χ2n) is 4.43. The molecule has 0 saturated carbocycles. The fourth-order valence-electron chi connectivity index (χ4n) is 1.58. The molecule has 0 fully saturated rings. The van der Waals surface area contributed by atoms with Crippen LogP contribution in [0.1, 0.15) is 18.2 Å². The fourth-order valence-corrected chi connectivity index (χ4v) is 2.42. The lowest BCUT2D eigenvalue weighted by Crippen LogP contribution is -2.27. The van der Waals surface area contributed by atoms with Gasteiger partial charge in [-0.05, 0) is 24.6 Å². The van der Waals surface area contributed by atoms with Gasteiger partial charge < -0.3 is 0 Å². The Kier molecular flexibility index (Phi) is 5.97. The van der Waals surface area contributed by atoms with Gasteiger partial charge in [0.25, 0.3) is 5.91 Å². The lowest BCUT2D eigenvalue weighted by atomic mass is 10.2. The monoisotopic (exact) mass is 299 g/mol. The van der Waals surface area contributed by atoms with E-state index in [1.165, 1.54) is 11.8 Å². The Hall–Kier alpha value is -2.14. The minimum atomic E-state index is -0.161. The van der Waals surface area contributed by atoms with E-state index < -0.39 is 0 Å². The molecule has 2 rings (SSSR count). The van der Waals surface area contributed by atoms with E-state index in [1.807, 2.05) is 43.3 Å². The van der Waals surface area contributed by atoms with Gasteiger partial charge in [-0.1, -0.05) is 36.4 Å². The van der Waals surface area contributed by atoms with Crippen LogP contribution in [0.25, 0.3) is 0 Å². The number of hydrogen-bond donors (Lipinski definition) is 1. The van der Waals surface area contributed by atoms with Gasteiger partial charge in [0.15, 0.2) is 0 Å². The first kappa shape index (κ1) is 15.3. The Morgan fingerprint density at radius 1 is 1.29 bits per heavy atom. The molecule has 1 atom stereocenters. The zero-order valence-corrected chi connectivity index (χ0v) is 12.6. The highest BCUT2D eigenvalue weighted by molar-refractivity contribution is 7.99. The van der Waals surface area contributed by atoms with E-state index >= 15 is 0 Å². The predicted molar refractivity (Wildman–Crippen MR) is 87.2 cm³/mol. The van der Waals surface area contributed by atoms with Crippen LogP contribution in [0.2, 0.25) is 0 Å². The molecule has 1 aromatic heterocycles. The summed E-state index contributed by atoms with van der Waals surface area (Å²) >= 11 is 1.58. The normalized spacial score (nSPS) is 12.2. The van der Waals surface area contributed by atoms with E-state index in [1.54, 1.807) is 18.0 Å². The Bertz CT molecular complexity index is 587. The molecule has 0 aliphatic heterocycles. The highest BCUT2D eigenvalue weighted by atomic mass is 32.2. The van der Waals surface area contributed by atoms with Gasteiger partial charge in [0.2, 0.25) is 0 Å². The van der Waals surface area contributed by atoms with Crippen molar-refractivity contribution in [3.8, 4) is 0 Å². The van der Waals surface area contributed by atoms with Crippen LogP contribution in [-0.2, 0) is 10.5 Å². The van der Waals surface area contributed by atoms with Crippen LogP contribution in [0.15, 0.2) is 59.8 Å². The van der Waals surface area contributed by atoms with E-state index in [9.17, 15) is 4.79 Å². The SMILES string of the molecule is C[C@@H](SCc1ccccc1)C(=O)N/N=C\c1ccccn1.